The van der Waals surface area contributed by atoms with Crippen LogP contribution in [-0.2, 0) is 11.3 Å². The van der Waals surface area contributed by atoms with E-state index in [1.807, 2.05) is 6.92 Å². The van der Waals surface area contributed by atoms with Gasteiger partial charge in [0.2, 0.25) is 0 Å². The van der Waals surface area contributed by atoms with Crippen molar-refractivity contribution < 1.29 is 14.3 Å². The van der Waals surface area contributed by atoms with Crippen LogP contribution in [-0.4, -0.2) is 47.0 Å². The van der Waals surface area contributed by atoms with Gasteiger partial charge in [-0.15, -0.1) is 0 Å². The highest BCUT2D eigenvalue weighted by atomic mass is 16.5. The number of para-hydroxylation sites is 1. The van der Waals surface area contributed by atoms with E-state index in [4.69, 9.17) is 10.5 Å². The zero-order valence-electron chi connectivity index (χ0n) is 17.4. The molecule has 3 rings (SSSR count). The predicted molar refractivity (Wildman–Crippen MR) is 117 cm³/mol. The average molecular weight is 429 g/mol. The molecule has 0 aliphatic carbocycles. The number of nitrogens with one attached hydrogen (secondary N) is 3. The molecule has 31 heavy (non-hydrogen) atoms. The van der Waals surface area contributed by atoms with Crippen LogP contribution in [0.15, 0.2) is 33.9 Å². The number of nitrogens with zero attached hydrogens (tertiary/aromatic N) is 1. The van der Waals surface area contributed by atoms with Crippen LogP contribution >= 0.6 is 0 Å². The molecule has 10 heteroatoms. The third-order valence-corrected chi connectivity index (χ3v) is 5.09. The van der Waals surface area contributed by atoms with E-state index in [1.165, 1.54) is 4.57 Å². The second-order valence-corrected chi connectivity index (χ2v) is 7.34. The van der Waals surface area contributed by atoms with Crippen molar-refractivity contribution in [2.75, 3.05) is 30.7 Å². The summed E-state index contributed by atoms with van der Waals surface area (Å²) in [5, 5.41) is 5.75. The first-order valence-electron chi connectivity index (χ1n) is 10.3. The fourth-order valence-corrected chi connectivity index (χ4v) is 3.51. The Morgan fingerprint density at radius 2 is 2.06 bits per heavy atom. The number of aromatic amines is 1. The van der Waals surface area contributed by atoms with Gasteiger partial charge in [0.15, 0.2) is 5.78 Å². The van der Waals surface area contributed by atoms with Crippen LogP contribution in [0.4, 0.5) is 11.5 Å². The number of hydrogen-bond donors (Lipinski definition) is 4. The Balaban J connectivity index is 1.72. The molecule has 1 aliphatic heterocycles. The summed E-state index contributed by atoms with van der Waals surface area (Å²) in [7, 11) is 0. The van der Waals surface area contributed by atoms with Gasteiger partial charge in [-0.25, -0.2) is 4.79 Å². The van der Waals surface area contributed by atoms with Gasteiger partial charge in [0, 0.05) is 25.4 Å². The quantitative estimate of drug-likeness (QED) is 0.430. The summed E-state index contributed by atoms with van der Waals surface area (Å²) >= 11 is 0. The van der Waals surface area contributed by atoms with E-state index in [1.54, 1.807) is 24.3 Å². The summed E-state index contributed by atoms with van der Waals surface area (Å²) in [6.45, 7) is 2.98. The first kappa shape index (κ1) is 22.3. The van der Waals surface area contributed by atoms with Gasteiger partial charge in [-0.05, 0) is 31.4 Å². The summed E-state index contributed by atoms with van der Waals surface area (Å²) in [6, 6.07) is 6.75. The first-order chi connectivity index (χ1) is 14.9. The molecule has 1 fully saturated rings. The molecular weight excluding hydrogens is 402 g/mol. The summed E-state index contributed by atoms with van der Waals surface area (Å²) in [5.41, 5.74) is 4.99. The van der Waals surface area contributed by atoms with Crippen molar-refractivity contribution >= 4 is 23.2 Å². The molecule has 10 nitrogen and oxygen atoms in total. The van der Waals surface area contributed by atoms with Crippen LogP contribution in [0.2, 0.25) is 0 Å². The number of rotatable bonds is 9. The second-order valence-electron chi connectivity index (χ2n) is 7.34. The smallest absolute Gasteiger partial charge is 0.329 e. The fourth-order valence-electron chi connectivity index (χ4n) is 3.51. The molecule has 0 saturated carbocycles. The third kappa shape index (κ3) is 5.21. The predicted octanol–water partition coefficient (Wildman–Crippen LogP) is 0.732. The highest BCUT2D eigenvalue weighted by Gasteiger charge is 2.21. The Morgan fingerprint density at radius 3 is 2.77 bits per heavy atom. The minimum atomic E-state index is -0.829. The minimum absolute atomic E-state index is 0.0131. The average Bonchev–Trinajstić information content (AvgIpc) is 3.27. The van der Waals surface area contributed by atoms with Crippen molar-refractivity contribution in [1.29, 1.82) is 0 Å². The monoisotopic (exact) mass is 429 g/mol. The molecule has 166 valence electrons. The maximum Gasteiger partial charge on any atom is 0.329 e. The number of ether oxygens (including phenoxy) is 1. The van der Waals surface area contributed by atoms with Gasteiger partial charge < -0.3 is 21.1 Å². The number of carbonyl (C=O) groups is 2. The van der Waals surface area contributed by atoms with Crippen molar-refractivity contribution in [3.8, 4) is 0 Å². The van der Waals surface area contributed by atoms with Crippen molar-refractivity contribution in [3.05, 3.63) is 56.2 Å². The number of hydrogen-bond acceptors (Lipinski definition) is 7. The number of Topliss-reactive ketones (excluding diaryl/α,β-unsaturated/α-hetero) is 1. The lowest BCUT2D eigenvalue weighted by Gasteiger charge is -2.15. The summed E-state index contributed by atoms with van der Waals surface area (Å²) in [4.78, 5) is 51.6. The van der Waals surface area contributed by atoms with Crippen LogP contribution in [0.3, 0.4) is 0 Å². The largest absolute Gasteiger partial charge is 0.384 e. The van der Waals surface area contributed by atoms with Crippen LogP contribution in [0.25, 0.3) is 0 Å². The Kier molecular flexibility index (Phi) is 7.24. The number of anilines is 2. The molecular formula is C21H27N5O5. The van der Waals surface area contributed by atoms with E-state index in [9.17, 15) is 19.2 Å². The zero-order valence-corrected chi connectivity index (χ0v) is 17.4. The van der Waals surface area contributed by atoms with E-state index in [0.717, 1.165) is 12.8 Å². The van der Waals surface area contributed by atoms with Crippen LogP contribution < -0.4 is 27.6 Å². The molecule has 2 heterocycles. The number of amides is 1. The molecule has 1 saturated heterocycles. The first-order valence-corrected chi connectivity index (χ1v) is 10.3. The van der Waals surface area contributed by atoms with Crippen LogP contribution in [0, 0.1) is 0 Å². The molecule has 0 unspecified atom stereocenters. The number of H-pyrrole nitrogens is 1. The second kappa shape index (κ2) is 10.1. The summed E-state index contributed by atoms with van der Waals surface area (Å²) < 4.78 is 6.68. The number of aromatic nitrogens is 2. The van der Waals surface area contributed by atoms with Crippen molar-refractivity contribution in [2.45, 2.75) is 38.8 Å². The molecule has 1 atom stereocenters. The van der Waals surface area contributed by atoms with Crippen molar-refractivity contribution in [2.24, 2.45) is 0 Å². The number of ketones is 1. The molecule has 0 radical (unpaired) electrons. The maximum atomic E-state index is 12.7. The van der Waals surface area contributed by atoms with Gasteiger partial charge in [-0.1, -0.05) is 19.1 Å². The molecule has 0 spiro atoms. The van der Waals surface area contributed by atoms with Gasteiger partial charge in [-0.2, -0.15) is 0 Å². The SMILES string of the molecule is CCCn1c(N)c(C(=O)CNc2ccccc2C(=O)NC[C@@H]2CCCO2)c(=O)[nH]c1=O. The zero-order chi connectivity index (χ0) is 22.4. The lowest BCUT2D eigenvalue weighted by atomic mass is 10.1. The maximum absolute atomic E-state index is 12.7. The highest BCUT2D eigenvalue weighted by Crippen LogP contribution is 2.16. The molecule has 0 bridgehead atoms. The molecule has 2 aromatic rings. The molecule has 1 amide bonds. The van der Waals surface area contributed by atoms with Crippen molar-refractivity contribution in [3.63, 3.8) is 0 Å². The number of benzene rings is 1. The number of carbonyl (C=O) groups excluding carboxylic acids is 2. The van der Waals surface area contributed by atoms with Gasteiger partial charge >= 0.3 is 5.69 Å². The van der Waals surface area contributed by atoms with E-state index in [-0.39, 0.29) is 36.5 Å². The lowest BCUT2D eigenvalue weighted by Crippen LogP contribution is -2.37. The standard InChI is InChI=1S/C21H27N5O5/c1-2-9-26-18(22)17(20(29)25-21(26)30)16(27)12-23-15-8-4-3-7-14(15)19(28)24-11-13-6-5-10-31-13/h3-4,7-8,13,23H,2,5-6,9-12,22H2,1H3,(H,24,28)(H,25,29,30)/t13-/m0/s1. The lowest BCUT2D eigenvalue weighted by molar-refractivity contribution is 0.0858. The van der Waals surface area contributed by atoms with E-state index >= 15 is 0 Å². The Hall–Kier alpha value is -3.40. The van der Waals surface area contributed by atoms with Crippen LogP contribution in [0.1, 0.15) is 46.9 Å². The molecule has 1 aromatic heterocycles. The normalized spacial score (nSPS) is 15.6. The third-order valence-electron chi connectivity index (χ3n) is 5.09. The fraction of sp³-hybridized carbons (Fsp3) is 0.429. The van der Waals surface area contributed by atoms with Gasteiger partial charge in [-0.3, -0.25) is 23.9 Å². The van der Waals surface area contributed by atoms with Gasteiger partial charge in [0.25, 0.3) is 11.5 Å². The van der Waals surface area contributed by atoms with Gasteiger partial charge in [0.05, 0.1) is 18.2 Å². The Bertz CT molecular complexity index is 1070. The number of nitrogens with two attached hydrogens (primary N) is 1. The topological polar surface area (TPSA) is 148 Å². The highest BCUT2D eigenvalue weighted by molar-refractivity contribution is 6.04. The van der Waals surface area contributed by atoms with Crippen LogP contribution in [0.5, 0.6) is 0 Å². The van der Waals surface area contributed by atoms with Gasteiger partial charge in [0.1, 0.15) is 11.4 Å². The number of nitrogen functional groups attached to an aromatic ring is 1. The molecule has 5 N–H and O–H groups in total. The van der Waals surface area contributed by atoms with Crippen molar-refractivity contribution in [1.82, 2.24) is 14.9 Å². The Labute approximate surface area is 178 Å². The minimum Gasteiger partial charge on any atom is -0.384 e. The summed E-state index contributed by atoms with van der Waals surface area (Å²) in [5.74, 6) is -1.04. The molecule has 1 aromatic carbocycles. The Morgan fingerprint density at radius 1 is 1.29 bits per heavy atom. The van der Waals surface area contributed by atoms with E-state index in [2.05, 4.69) is 15.6 Å². The summed E-state index contributed by atoms with van der Waals surface area (Å²) in [6.07, 6.45) is 2.51. The van der Waals surface area contributed by atoms with E-state index < -0.39 is 17.0 Å². The molecule has 1 aliphatic rings. The van der Waals surface area contributed by atoms with E-state index in [0.29, 0.717) is 30.8 Å².